The molecule has 2 N–H and O–H groups in total. The highest BCUT2D eigenvalue weighted by atomic mass is 32.2. The van der Waals surface area contributed by atoms with E-state index in [1.807, 2.05) is 0 Å². The first-order valence-corrected chi connectivity index (χ1v) is 7.36. The zero-order valence-electron chi connectivity index (χ0n) is 11.0. The summed E-state index contributed by atoms with van der Waals surface area (Å²) in [6.07, 6.45) is 1.84. The molecule has 0 radical (unpaired) electrons. The normalized spacial score (nSPS) is 15.3. The Bertz CT molecular complexity index is 432. The summed E-state index contributed by atoms with van der Waals surface area (Å²) in [5, 5.41) is 2.67. The van der Waals surface area contributed by atoms with Gasteiger partial charge in [0, 0.05) is 19.6 Å². The van der Waals surface area contributed by atoms with Crippen LogP contribution in [0.2, 0.25) is 0 Å². The number of carbonyl (C=O) groups excluding carboxylic acids is 2. The van der Waals surface area contributed by atoms with Gasteiger partial charge in [-0.2, -0.15) is 17.4 Å². The largest absolute Gasteiger partial charge is 0.469 e. The van der Waals surface area contributed by atoms with Crippen LogP contribution in [-0.4, -0.2) is 57.9 Å². The molecular formula is C10H19N3O5S. The van der Waals surface area contributed by atoms with E-state index in [9.17, 15) is 18.0 Å². The predicted octanol–water partition coefficient (Wildman–Crippen LogP) is -1.41. The van der Waals surface area contributed by atoms with Crippen molar-refractivity contribution in [3.63, 3.8) is 0 Å². The lowest BCUT2D eigenvalue weighted by Crippen LogP contribution is -2.44. The Labute approximate surface area is 112 Å². The standard InChI is InChI=1S/C10H19N3O5S/c1-13(6-5-10(15)18-2)19(16,17)11-7-9(14)12-8-3-4-8/h8,11H,3-7H2,1-2H3,(H,12,14). The van der Waals surface area contributed by atoms with Gasteiger partial charge in [-0.3, -0.25) is 9.59 Å². The Kier molecular flexibility index (Phi) is 5.70. The molecule has 0 aromatic rings. The van der Waals surface area contributed by atoms with Gasteiger partial charge in [-0.15, -0.1) is 0 Å². The van der Waals surface area contributed by atoms with Gasteiger partial charge in [0.1, 0.15) is 0 Å². The van der Waals surface area contributed by atoms with Crippen molar-refractivity contribution in [2.45, 2.75) is 25.3 Å². The Hall–Kier alpha value is -1.19. The fourth-order valence-corrected chi connectivity index (χ4v) is 2.11. The molecule has 1 amide bonds. The lowest BCUT2D eigenvalue weighted by Gasteiger charge is -2.16. The van der Waals surface area contributed by atoms with E-state index < -0.39 is 16.2 Å². The van der Waals surface area contributed by atoms with Crippen LogP contribution in [0.3, 0.4) is 0 Å². The van der Waals surface area contributed by atoms with Crippen molar-refractivity contribution in [2.24, 2.45) is 0 Å². The Morgan fingerprint density at radius 1 is 1.37 bits per heavy atom. The summed E-state index contributed by atoms with van der Waals surface area (Å²) in [7, 11) is -1.20. The number of methoxy groups -OCH3 is 1. The third-order valence-electron chi connectivity index (χ3n) is 2.63. The molecule has 110 valence electrons. The van der Waals surface area contributed by atoms with Gasteiger partial charge in [0.2, 0.25) is 5.91 Å². The first-order valence-electron chi connectivity index (χ1n) is 5.92. The van der Waals surface area contributed by atoms with Gasteiger partial charge in [-0.1, -0.05) is 0 Å². The number of nitrogens with one attached hydrogen (secondary N) is 2. The van der Waals surface area contributed by atoms with Crippen molar-refractivity contribution < 1.29 is 22.7 Å². The first kappa shape index (κ1) is 15.9. The maximum Gasteiger partial charge on any atom is 0.306 e. The zero-order chi connectivity index (χ0) is 14.5. The Morgan fingerprint density at radius 3 is 2.53 bits per heavy atom. The van der Waals surface area contributed by atoms with Crippen LogP contribution in [0.5, 0.6) is 0 Å². The number of hydrogen-bond donors (Lipinski definition) is 2. The number of ether oxygens (including phenoxy) is 1. The number of nitrogens with zero attached hydrogens (tertiary/aromatic N) is 1. The molecule has 0 saturated heterocycles. The minimum atomic E-state index is -3.76. The minimum absolute atomic E-state index is 0.00769. The average molecular weight is 293 g/mol. The summed E-state index contributed by atoms with van der Waals surface area (Å²) in [5.74, 6) is -0.846. The van der Waals surface area contributed by atoms with E-state index in [2.05, 4.69) is 14.8 Å². The third-order valence-corrected chi connectivity index (χ3v) is 4.14. The summed E-state index contributed by atoms with van der Waals surface area (Å²) >= 11 is 0. The molecule has 9 heteroatoms. The van der Waals surface area contributed by atoms with Crippen molar-refractivity contribution >= 4 is 22.1 Å². The lowest BCUT2D eigenvalue weighted by molar-refractivity contribution is -0.140. The summed E-state index contributed by atoms with van der Waals surface area (Å²) in [6.45, 7) is -0.312. The van der Waals surface area contributed by atoms with Crippen LogP contribution in [0.4, 0.5) is 0 Å². The number of rotatable bonds is 8. The van der Waals surface area contributed by atoms with Crippen LogP contribution in [-0.2, 0) is 24.5 Å². The number of esters is 1. The molecule has 1 rings (SSSR count). The zero-order valence-corrected chi connectivity index (χ0v) is 11.8. The summed E-state index contributed by atoms with van der Waals surface area (Å²) in [4.78, 5) is 22.3. The number of carbonyl (C=O) groups is 2. The maximum atomic E-state index is 11.7. The van der Waals surface area contributed by atoms with Crippen LogP contribution in [0, 0.1) is 0 Å². The molecular weight excluding hydrogens is 274 g/mol. The van der Waals surface area contributed by atoms with E-state index in [1.165, 1.54) is 14.2 Å². The highest BCUT2D eigenvalue weighted by Gasteiger charge is 2.24. The SMILES string of the molecule is COC(=O)CCN(C)S(=O)(=O)NCC(=O)NC1CC1. The van der Waals surface area contributed by atoms with Gasteiger partial charge in [-0.05, 0) is 12.8 Å². The van der Waals surface area contributed by atoms with E-state index in [1.54, 1.807) is 0 Å². The second-order valence-electron chi connectivity index (χ2n) is 4.32. The van der Waals surface area contributed by atoms with Crippen LogP contribution in [0.1, 0.15) is 19.3 Å². The molecule has 8 nitrogen and oxygen atoms in total. The van der Waals surface area contributed by atoms with E-state index in [4.69, 9.17) is 0 Å². The van der Waals surface area contributed by atoms with Crippen molar-refractivity contribution in [1.82, 2.24) is 14.3 Å². The van der Waals surface area contributed by atoms with Gasteiger partial charge >= 0.3 is 5.97 Å². The summed E-state index contributed by atoms with van der Waals surface area (Å²) in [5.41, 5.74) is 0. The van der Waals surface area contributed by atoms with Gasteiger partial charge in [0.25, 0.3) is 10.2 Å². The molecule has 0 bridgehead atoms. The van der Waals surface area contributed by atoms with Gasteiger partial charge in [-0.25, -0.2) is 0 Å². The third kappa shape index (κ3) is 5.99. The van der Waals surface area contributed by atoms with Gasteiger partial charge in [0.05, 0.1) is 20.1 Å². The van der Waals surface area contributed by atoms with Gasteiger partial charge in [0.15, 0.2) is 0 Å². The molecule has 1 aliphatic carbocycles. The second-order valence-corrected chi connectivity index (χ2v) is 6.18. The average Bonchev–Trinajstić information content (AvgIpc) is 3.16. The van der Waals surface area contributed by atoms with Crippen molar-refractivity contribution in [3.05, 3.63) is 0 Å². The van der Waals surface area contributed by atoms with E-state index in [0.717, 1.165) is 17.1 Å². The lowest BCUT2D eigenvalue weighted by atomic mass is 10.4. The monoisotopic (exact) mass is 293 g/mol. The van der Waals surface area contributed by atoms with Crippen molar-refractivity contribution in [3.8, 4) is 0 Å². The molecule has 1 aliphatic rings. The molecule has 0 aliphatic heterocycles. The maximum absolute atomic E-state index is 11.7. The smallest absolute Gasteiger partial charge is 0.306 e. The molecule has 0 heterocycles. The molecule has 0 spiro atoms. The molecule has 1 saturated carbocycles. The molecule has 0 aromatic carbocycles. The van der Waals surface area contributed by atoms with E-state index in [0.29, 0.717) is 0 Å². The van der Waals surface area contributed by atoms with Crippen LogP contribution >= 0.6 is 0 Å². The van der Waals surface area contributed by atoms with Crippen molar-refractivity contribution in [2.75, 3.05) is 27.2 Å². The predicted molar refractivity (Wildman–Crippen MR) is 67.4 cm³/mol. The van der Waals surface area contributed by atoms with E-state index >= 15 is 0 Å². The minimum Gasteiger partial charge on any atom is -0.469 e. The highest BCUT2D eigenvalue weighted by Crippen LogP contribution is 2.18. The molecule has 0 aromatic heterocycles. The molecule has 0 unspecified atom stereocenters. The summed E-state index contributed by atoms with van der Waals surface area (Å²) in [6, 6.07) is 0.189. The Balaban J connectivity index is 2.32. The summed E-state index contributed by atoms with van der Waals surface area (Å²) < 4.78 is 31.0. The molecule has 1 fully saturated rings. The number of amides is 1. The van der Waals surface area contributed by atoms with Crippen LogP contribution < -0.4 is 10.0 Å². The fourth-order valence-electron chi connectivity index (χ4n) is 1.24. The van der Waals surface area contributed by atoms with Gasteiger partial charge < -0.3 is 10.1 Å². The quantitative estimate of drug-likeness (QED) is 0.535. The Morgan fingerprint density at radius 2 is 2.00 bits per heavy atom. The van der Waals surface area contributed by atoms with Crippen molar-refractivity contribution in [1.29, 1.82) is 0 Å². The fraction of sp³-hybridized carbons (Fsp3) is 0.800. The van der Waals surface area contributed by atoms with E-state index in [-0.39, 0.29) is 31.5 Å². The highest BCUT2D eigenvalue weighted by molar-refractivity contribution is 7.87. The van der Waals surface area contributed by atoms with Crippen LogP contribution in [0.15, 0.2) is 0 Å². The second kappa shape index (κ2) is 6.83. The topological polar surface area (TPSA) is 105 Å². The molecule has 0 atom stereocenters. The van der Waals surface area contributed by atoms with Crippen LogP contribution in [0.25, 0.3) is 0 Å². The number of hydrogen-bond acceptors (Lipinski definition) is 5. The first-order chi connectivity index (χ1) is 8.85. The molecule has 19 heavy (non-hydrogen) atoms.